The number of sulfone groups is 1. The van der Waals surface area contributed by atoms with Gasteiger partial charge in [0, 0.05) is 45.2 Å². The fourth-order valence-corrected chi connectivity index (χ4v) is 6.33. The Bertz CT molecular complexity index is 935. The first-order chi connectivity index (χ1) is 15.8. The van der Waals surface area contributed by atoms with E-state index in [1.165, 1.54) is 12.8 Å². The summed E-state index contributed by atoms with van der Waals surface area (Å²) in [6.45, 7) is 2.60. The van der Waals surface area contributed by atoms with Gasteiger partial charge in [0.2, 0.25) is 11.8 Å². The molecule has 0 spiro atoms. The van der Waals surface area contributed by atoms with Gasteiger partial charge in [-0.1, -0.05) is 30.3 Å². The second-order valence-electron chi connectivity index (χ2n) is 9.72. The fraction of sp³-hybridized carbons (Fsp3) is 0.667. The lowest BCUT2D eigenvalue weighted by atomic mass is 10.2. The molecule has 1 aromatic carbocycles. The van der Waals surface area contributed by atoms with E-state index in [-0.39, 0.29) is 48.4 Å². The number of hydrogen-bond donors (Lipinski definition) is 0. The lowest BCUT2D eigenvalue weighted by Gasteiger charge is -2.26. The van der Waals surface area contributed by atoms with Crippen LogP contribution in [0.2, 0.25) is 0 Å². The SMILES string of the molecule is CN(CCC(=O)N1CC(=O)N(Cc2ccccc2)C[C@@H](OCC2CC2)C1)[C@@H]1CCS(=O)(=O)C1. The molecule has 0 N–H and O–H groups in total. The first kappa shape index (κ1) is 24.2. The molecule has 0 aromatic heterocycles. The number of benzene rings is 1. The van der Waals surface area contributed by atoms with Crippen molar-refractivity contribution < 1.29 is 22.7 Å². The average molecular weight is 478 g/mol. The smallest absolute Gasteiger partial charge is 0.242 e. The molecule has 0 radical (unpaired) electrons. The minimum Gasteiger partial charge on any atom is -0.374 e. The first-order valence-electron chi connectivity index (χ1n) is 11.9. The van der Waals surface area contributed by atoms with Gasteiger partial charge in [0.1, 0.15) is 0 Å². The molecule has 1 saturated carbocycles. The Morgan fingerprint density at radius 1 is 1.15 bits per heavy atom. The van der Waals surface area contributed by atoms with Crippen LogP contribution < -0.4 is 0 Å². The maximum Gasteiger partial charge on any atom is 0.242 e. The van der Waals surface area contributed by atoms with E-state index in [1.54, 1.807) is 9.80 Å². The fourth-order valence-electron chi connectivity index (χ4n) is 4.52. The molecule has 8 nitrogen and oxygen atoms in total. The third kappa shape index (κ3) is 7.01. The van der Waals surface area contributed by atoms with E-state index in [9.17, 15) is 18.0 Å². The summed E-state index contributed by atoms with van der Waals surface area (Å²) in [5, 5.41) is 0. The van der Waals surface area contributed by atoms with E-state index in [4.69, 9.17) is 4.74 Å². The number of ether oxygens (including phenoxy) is 1. The molecule has 3 aliphatic rings. The highest BCUT2D eigenvalue weighted by molar-refractivity contribution is 7.91. The number of nitrogens with zero attached hydrogens (tertiary/aromatic N) is 3. The molecule has 2 aliphatic heterocycles. The van der Waals surface area contributed by atoms with Crippen LogP contribution in [0.1, 0.15) is 31.2 Å². The first-order valence-corrected chi connectivity index (χ1v) is 13.7. The number of rotatable bonds is 9. The summed E-state index contributed by atoms with van der Waals surface area (Å²) < 4.78 is 29.7. The van der Waals surface area contributed by atoms with Gasteiger partial charge in [-0.25, -0.2) is 8.42 Å². The molecule has 1 aliphatic carbocycles. The van der Waals surface area contributed by atoms with Crippen LogP contribution >= 0.6 is 0 Å². The van der Waals surface area contributed by atoms with Crippen molar-refractivity contribution in [3.8, 4) is 0 Å². The van der Waals surface area contributed by atoms with Crippen LogP contribution in [0.25, 0.3) is 0 Å². The maximum absolute atomic E-state index is 13.1. The van der Waals surface area contributed by atoms with Crippen molar-refractivity contribution in [3.05, 3.63) is 35.9 Å². The number of carbonyl (C=O) groups is 2. The Kier molecular flexibility index (Phi) is 7.71. The summed E-state index contributed by atoms with van der Waals surface area (Å²) in [5.41, 5.74) is 1.06. The number of carbonyl (C=O) groups excluding carboxylic acids is 2. The van der Waals surface area contributed by atoms with Crippen molar-refractivity contribution in [2.45, 2.75) is 44.4 Å². The zero-order valence-corrected chi connectivity index (χ0v) is 20.2. The zero-order chi connectivity index (χ0) is 23.4. The van der Waals surface area contributed by atoms with Crippen molar-refractivity contribution in [2.24, 2.45) is 5.92 Å². The Labute approximate surface area is 196 Å². The molecule has 2 heterocycles. The molecule has 2 atom stereocenters. The zero-order valence-electron chi connectivity index (χ0n) is 19.4. The molecule has 9 heteroatoms. The summed E-state index contributed by atoms with van der Waals surface area (Å²) in [6.07, 6.45) is 3.04. The van der Waals surface area contributed by atoms with E-state index < -0.39 is 9.84 Å². The minimum absolute atomic E-state index is 0.0375. The van der Waals surface area contributed by atoms with Gasteiger partial charge in [0.15, 0.2) is 9.84 Å². The highest BCUT2D eigenvalue weighted by Gasteiger charge is 2.34. The van der Waals surface area contributed by atoms with Gasteiger partial charge in [-0.15, -0.1) is 0 Å². The molecular weight excluding hydrogens is 442 g/mol. The molecule has 182 valence electrons. The Balaban J connectivity index is 1.36. The predicted molar refractivity (Wildman–Crippen MR) is 125 cm³/mol. The Hall–Kier alpha value is -1.97. The van der Waals surface area contributed by atoms with Crippen LogP contribution in [0.15, 0.2) is 30.3 Å². The second kappa shape index (κ2) is 10.5. The molecule has 2 amide bonds. The molecule has 33 heavy (non-hydrogen) atoms. The topological polar surface area (TPSA) is 87.2 Å². The second-order valence-corrected chi connectivity index (χ2v) is 11.9. The van der Waals surface area contributed by atoms with Crippen molar-refractivity contribution in [3.63, 3.8) is 0 Å². The van der Waals surface area contributed by atoms with Crippen molar-refractivity contribution in [2.75, 3.05) is 51.3 Å². The monoisotopic (exact) mass is 477 g/mol. The average Bonchev–Trinajstić information content (AvgIpc) is 3.57. The molecule has 1 aromatic rings. The van der Waals surface area contributed by atoms with Gasteiger partial charge in [0.05, 0.1) is 24.2 Å². The summed E-state index contributed by atoms with van der Waals surface area (Å²) in [4.78, 5) is 31.5. The maximum atomic E-state index is 13.1. The van der Waals surface area contributed by atoms with Crippen molar-refractivity contribution >= 4 is 21.7 Å². The van der Waals surface area contributed by atoms with Crippen LogP contribution in [0.5, 0.6) is 0 Å². The van der Waals surface area contributed by atoms with Crippen molar-refractivity contribution in [1.82, 2.24) is 14.7 Å². The van der Waals surface area contributed by atoms with Crippen LogP contribution in [-0.4, -0.2) is 98.4 Å². The van der Waals surface area contributed by atoms with E-state index in [2.05, 4.69) is 0 Å². The molecular formula is C24H35N3O5S. The standard InChI is InChI=1S/C24H35N3O5S/c1-25(21-10-12-33(30,31)18-21)11-9-23(28)27-15-22(32-17-20-7-8-20)14-26(24(29)16-27)13-19-5-3-2-4-6-19/h2-6,20-22H,7-18H2,1H3/t21-,22-/m1/s1. The summed E-state index contributed by atoms with van der Waals surface area (Å²) in [7, 11) is -1.09. The highest BCUT2D eigenvalue weighted by Crippen LogP contribution is 2.29. The Morgan fingerprint density at radius 3 is 2.58 bits per heavy atom. The van der Waals surface area contributed by atoms with Gasteiger partial charge in [-0.2, -0.15) is 0 Å². The van der Waals surface area contributed by atoms with E-state index in [0.29, 0.717) is 45.1 Å². The van der Waals surface area contributed by atoms with Crippen LogP contribution in [0, 0.1) is 5.92 Å². The lowest BCUT2D eigenvalue weighted by molar-refractivity contribution is -0.139. The predicted octanol–water partition coefficient (Wildman–Crippen LogP) is 1.16. The van der Waals surface area contributed by atoms with Gasteiger partial charge in [-0.05, 0) is 37.8 Å². The van der Waals surface area contributed by atoms with Gasteiger partial charge >= 0.3 is 0 Å². The third-order valence-electron chi connectivity index (χ3n) is 6.87. The molecule has 3 fully saturated rings. The van der Waals surface area contributed by atoms with Crippen LogP contribution in [0.3, 0.4) is 0 Å². The third-order valence-corrected chi connectivity index (χ3v) is 8.62. The van der Waals surface area contributed by atoms with Gasteiger partial charge in [-0.3, -0.25) is 9.59 Å². The van der Waals surface area contributed by atoms with E-state index >= 15 is 0 Å². The molecule has 2 saturated heterocycles. The molecule has 0 unspecified atom stereocenters. The number of hydrogen-bond acceptors (Lipinski definition) is 6. The summed E-state index contributed by atoms with van der Waals surface area (Å²) >= 11 is 0. The summed E-state index contributed by atoms with van der Waals surface area (Å²) in [5.74, 6) is 0.823. The quantitative estimate of drug-likeness (QED) is 0.531. The van der Waals surface area contributed by atoms with E-state index in [0.717, 1.165) is 5.56 Å². The highest BCUT2D eigenvalue weighted by atomic mass is 32.2. The molecule has 4 rings (SSSR count). The van der Waals surface area contributed by atoms with Crippen LogP contribution in [0.4, 0.5) is 0 Å². The Morgan fingerprint density at radius 2 is 1.91 bits per heavy atom. The largest absolute Gasteiger partial charge is 0.374 e. The summed E-state index contributed by atoms with van der Waals surface area (Å²) in [6, 6.07) is 9.83. The lowest BCUT2D eigenvalue weighted by Crippen LogP contribution is -2.42. The minimum atomic E-state index is -2.96. The van der Waals surface area contributed by atoms with E-state index in [1.807, 2.05) is 42.3 Å². The normalized spacial score (nSPS) is 25.5. The van der Waals surface area contributed by atoms with Gasteiger partial charge < -0.3 is 19.4 Å². The van der Waals surface area contributed by atoms with Crippen molar-refractivity contribution in [1.29, 1.82) is 0 Å². The van der Waals surface area contributed by atoms with Gasteiger partial charge in [0.25, 0.3) is 0 Å². The molecule has 0 bridgehead atoms. The van der Waals surface area contributed by atoms with Crippen LogP contribution in [-0.2, 0) is 30.7 Å². The number of amides is 2.